The summed E-state index contributed by atoms with van der Waals surface area (Å²) in [7, 11) is 0. The van der Waals surface area contributed by atoms with E-state index in [1.807, 2.05) is 31.2 Å². The van der Waals surface area contributed by atoms with E-state index in [9.17, 15) is 4.79 Å². The van der Waals surface area contributed by atoms with Crippen LogP contribution in [0.4, 0.5) is 5.69 Å². The molecule has 2 rings (SSSR count). The largest absolute Gasteiger partial charge is 0.494 e. The lowest BCUT2D eigenvalue weighted by Gasteiger charge is -2.06. The summed E-state index contributed by atoms with van der Waals surface area (Å²) >= 11 is 0. The molecular weight excluding hydrogens is 244 g/mol. The number of nitrogens with one attached hydrogen (secondary N) is 2. The van der Waals surface area contributed by atoms with Crippen LogP contribution in [0.15, 0.2) is 30.6 Å². The minimum Gasteiger partial charge on any atom is -0.494 e. The standard InChI is InChI=1S/C13H16N4O2/c1-2-19-11-5-3-10(4-6-11)16-13(18)8-7-12-14-9-15-17-12/h3-6,9H,2,7-8H2,1H3,(H,16,18)(H,14,15,17). The average Bonchev–Trinajstić information content (AvgIpc) is 2.92. The van der Waals surface area contributed by atoms with Crippen LogP contribution in [0, 0.1) is 0 Å². The monoisotopic (exact) mass is 260 g/mol. The Morgan fingerprint density at radius 2 is 2.16 bits per heavy atom. The van der Waals surface area contributed by atoms with Gasteiger partial charge in [0.15, 0.2) is 0 Å². The Labute approximate surface area is 111 Å². The third-order valence-corrected chi connectivity index (χ3v) is 2.50. The van der Waals surface area contributed by atoms with Crippen molar-refractivity contribution in [2.45, 2.75) is 19.8 Å². The molecule has 0 saturated carbocycles. The normalized spacial score (nSPS) is 10.2. The van der Waals surface area contributed by atoms with Crippen LogP contribution in [0.5, 0.6) is 5.75 Å². The van der Waals surface area contributed by atoms with Crippen molar-refractivity contribution in [2.75, 3.05) is 11.9 Å². The highest BCUT2D eigenvalue weighted by Gasteiger charge is 2.04. The summed E-state index contributed by atoms with van der Waals surface area (Å²) < 4.78 is 5.33. The van der Waals surface area contributed by atoms with Crippen molar-refractivity contribution in [3.05, 3.63) is 36.4 Å². The van der Waals surface area contributed by atoms with Crippen LogP contribution in [0.3, 0.4) is 0 Å². The van der Waals surface area contributed by atoms with Crippen molar-refractivity contribution in [1.29, 1.82) is 0 Å². The molecule has 100 valence electrons. The van der Waals surface area contributed by atoms with E-state index in [-0.39, 0.29) is 5.91 Å². The lowest BCUT2D eigenvalue weighted by molar-refractivity contribution is -0.116. The number of ether oxygens (including phenoxy) is 1. The third-order valence-electron chi connectivity index (χ3n) is 2.50. The van der Waals surface area contributed by atoms with Crippen LogP contribution >= 0.6 is 0 Å². The van der Waals surface area contributed by atoms with E-state index in [0.29, 0.717) is 25.3 Å². The number of carbonyl (C=O) groups excluding carboxylic acids is 1. The molecule has 1 amide bonds. The van der Waals surface area contributed by atoms with Crippen LogP contribution in [-0.4, -0.2) is 27.7 Å². The number of aryl methyl sites for hydroxylation is 1. The highest BCUT2D eigenvalue weighted by Crippen LogP contribution is 2.15. The van der Waals surface area contributed by atoms with E-state index in [4.69, 9.17) is 4.74 Å². The van der Waals surface area contributed by atoms with Crippen LogP contribution in [0.1, 0.15) is 19.2 Å². The van der Waals surface area contributed by atoms with Gasteiger partial charge in [-0.2, -0.15) is 5.10 Å². The molecule has 1 aromatic carbocycles. The van der Waals surface area contributed by atoms with E-state index in [2.05, 4.69) is 20.5 Å². The fraction of sp³-hybridized carbons (Fsp3) is 0.308. The number of carbonyl (C=O) groups is 1. The molecule has 2 aromatic rings. The molecule has 1 heterocycles. The number of nitrogens with zero attached hydrogens (tertiary/aromatic N) is 2. The summed E-state index contributed by atoms with van der Waals surface area (Å²) in [5.41, 5.74) is 0.756. The fourth-order valence-electron chi connectivity index (χ4n) is 1.61. The molecule has 0 spiro atoms. The minimum absolute atomic E-state index is 0.0550. The van der Waals surface area contributed by atoms with Crippen molar-refractivity contribution in [3.8, 4) is 5.75 Å². The predicted molar refractivity (Wildman–Crippen MR) is 70.9 cm³/mol. The number of benzene rings is 1. The van der Waals surface area contributed by atoms with Gasteiger partial charge in [-0.05, 0) is 31.2 Å². The summed E-state index contributed by atoms with van der Waals surface area (Å²) in [4.78, 5) is 15.7. The van der Waals surface area contributed by atoms with E-state index >= 15 is 0 Å². The molecule has 0 aliphatic rings. The van der Waals surface area contributed by atoms with Gasteiger partial charge in [0.1, 0.15) is 17.9 Å². The van der Waals surface area contributed by atoms with Crippen LogP contribution in [-0.2, 0) is 11.2 Å². The first-order valence-corrected chi connectivity index (χ1v) is 6.15. The van der Waals surface area contributed by atoms with E-state index in [1.54, 1.807) is 0 Å². The number of amides is 1. The second-order valence-corrected chi connectivity index (χ2v) is 3.94. The van der Waals surface area contributed by atoms with Crippen LogP contribution < -0.4 is 10.1 Å². The maximum Gasteiger partial charge on any atom is 0.224 e. The molecule has 6 heteroatoms. The van der Waals surface area contributed by atoms with Gasteiger partial charge in [0, 0.05) is 18.5 Å². The SMILES string of the molecule is CCOc1ccc(NC(=O)CCc2ncn[nH]2)cc1. The summed E-state index contributed by atoms with van der Waals surface area (Å²) in [5, 5.41) is 9.27. The maximum absolute atomic E-state index is 11.7. The van der Waals surface area contributed by atoms with Crippen molar-refractivity contribution < 1.29 is 9.53 Å². The van der Waals surface area contributed by atoms with Crippen LogP contribution in [0.2, 0.25) is 0 Å². The third kappa shape index (κ3) is 4.09. The first-order chi connectivity index (χ1) is 9.28. The molecule has 0 fully saturated rings. The first-order valence-electron chi connectivity index (χ1n) is 6.15. The molecule has 0 atom stereocenters. The highest BCUT2D eigenvalue weighted by atomic mass is 16.5. The lowest BCUT2D eigenvalue weighted by Crippen LogP contribution is -2.12. The molecule has 0 radical (unpaired) electrons. The highest BCUT2D eigenvalue weighted by molar-refractivity contribution is 5.90. The molecule has 6 nitrogen and oxygen atoms in total. The van der Waals surface area contributed by atoms with Gasteiger partial charge in [-0.15, -0.1) is 0 Å². The number of hydrogen-bond acceptors (Lipinski definition) is 4. The number of H-pyrrole nitrogens is 1. The van der Waals surface area contributed by atoms with Gasteiger partial charge in [-0.1, -0.05) is 0 Å². The number of rotatable bonds is 6. The molecular formula is C13H16N4O2. The lowest BCUT2D eigenvalue weighted by atomic mass is 10.2. The summed E-state index contributed by atoms with van der Waals surface area (Å²) in [6, 6.07) is 7.29. The van der Waals surface area contributed by atoms with Crippen molar-refractivity contribution in [3.63, 3.8) is 0 Å². The van der Waals surface area contributed by atoms with Gasteiger partial charge in [0.25, 0.3) is 0 Å². The second kappa shape index (κ2) is 6.53. The van der Waals surface area contributed by atoms with Gasteiger partial charge in [0.2, 0.25) is 5.91 Å². The van der Waals surface area contributed by atoms with Gasteiger partial charge < -0.3 is 10.1 Å². The molecule has 0 saturated heterocycles. The quantitative estimate of drug-likeness (QED) is 0.829. The molecule has 1 aromatic heterocycles. The molecule has 0 aliphatic carbocycles. The van der Waals surface area contributed by atoms with E-state index < -0.39 is 0 Å². The Morgan fingerprint density at radius 1 is 1.37 bits per heavy atom. The molecule has 0 unspecified atom stereocenters. The Hall–Kier alpha value is -2.37. The van der Waals surface area contributed by atoms with Crippen molar-refractivity contribution in [1.82, 2.24) is 15.2 Å². The topological polar surface area (TPSA) is 79.9 Å². The Bertz CT molecular complexity index is 508. The number of hydrogen-bond donors (Lipinski definition) is 2. The van der Waals surface area contributed by atoms with Crippen molar-refractivity contribution >= 4 is 11.6 Å². The van der Waals surface area contributed by atoms with E-state index in [1.165, 1.54) is 6.33 Å². The zero-order chi connectivity index (χ0) is 13.5. The average molecular weight is 260 g/mol. The van der Waals surface area contributed by atoms with E-state index in [0.717, 1.165) is 11.4 Å². The second-order valence-electron chi connectivity index (χ2n) is 3.94. The smallest absolute Gasteiger partial charge is 0.224 e. The number of aromatic nitrogens is 3. The molecule has 2 N–H and O–H groups in total. The molecule has 0 aliphatic heterocycles. The van der Waals surface area contributed by atoms with Gasteiger partial charge >= 0.3 is 0 Å². The Kier molecular flexibility index (Phi) is 4.49. The van der Waals surface area contributed by atoms with Gasteiger partial charge in [-0.25, -0.2) is 4.98 Å². The Morgan fingerprint density at radius 3 is 2.79 bits per heavy atom. The summed E-state index contributed by atoms with van der Waals surface area (Å²) in [6.07, 6.45) is 2.34. The maximum atomic E-state index is 11.7. The fourth-order valence-corrected chi connectivity index (χ4v) is 1.61. The zero-order valence-electron chi connectivity index (χ0n) is 10.7. The van der Waals surface area contributed by atoms with Crippen molar-refractivity contribution in [2.24, 2.45) is 0 Å². The minimum atomic E-state index is -0.0550. The van der Waals surface area contributed by atoms with Gasteiger partial charge in [-0.3, -0.25) is 9.89 Å². The summed E-state index contributed by atoms with van der Waals surface area (Å²) in [5.74, 6) is 1.45. The number of aromatic amines is 1. The summed E-state index contributed by atoms with van der Waals surface area (Å²) in [6.45, 7) is 2.56. The Balaban J connectivity index is 1.81. The predicted octanol–water partition coefficient (Wildman–Crippen LogP) is 1.77. The van der Waals surface area contributed by atoms with Gasteiger partial charge in [0.05, 0.1) is 6.61 Å². The number of anilines is 1. The molecule has 19 heavy (non-hydrogen) atoms. The zero-order valence-corrected chi connectivity index (χ0v) is 10.7. The first kappa shape index (κ1) is 13.1. The van der Waals surface area contributed by atoms with Crippen LogP contribution in [0.25, 0.3) is 0 Å². The molecule has 0 bridgehead atoms.